The van der Waals surface area contributed by atoms with Crippen LogP contribution >= 0.6 is 0 Å². The van der Waals surface area contributed by atoms with Crippen molar-refractivity contribution in [1.29, 1.82) is 0 Å². The van der Waals surface area contributed by atoms with Gasteiger partial charge in [-0.3, -0.25) is 4.98 Å². The van der Waals surface area contributed by atoms with Gasteiger partial charge in [0.05, 0.1) is 17.9 Å². The van der Waals surface area contributed by atoms with E-state index in [1.165, 1.54) is 5.56 Å². The smallest absolute Gasteiger partial charge is 0.340 e. The van der Waals surface area contributed by atoms with E-state index in [9.17, 15) is 4.79 Å². The summed E-state index contributed by atoms with van der Waals surface area (Å²) in [6, 6.07) is 17.5. The monoisotopic (exact) mass is 360 g/mol. The maximum absolute atomic E-state index is 12.5. The minimum atomic E-state index is -0.311. The molecule has 0 aliphatic heterocycles. The van der Waals surface area contributed by atoms with Crippen molar-refractivity contribution in [3.05, 3.63) is 89.2 Å². The maximum Gasteiger partial charge on any atom is 0.340 e. The zero-order chi connectivity index (χ0) is 19.1. The Morgan fingerprint density at radius 2 is 1.81 bits per heavy atom. The van der Waals surface area contributed by atoms with E-state index < -0.39 is 0 Å². The van der Waals surface area contributed by atoms with Gasteiger partial charge in [-0.15, -0.1) is 0 Å². The molecule has 0 saturated carbocycles. The number of hydrogen-bond acceptors (Lipinski definition) is 4. The van der Waals surface area contributed by atoms with Crippen LogP contribution in [0.5, 0.6) is 0 Å². The molecule has 0 fully saturated rings. The lowest BCUT2D eigenvalue weighted by atomic mass is 10.1. The zero-order valence-corrected chi connectivity index (χ0v) is 15.7. The third-order valence-electron chi connectivity index (χ3n) is 4.59. The van der Waals surface area contributed by atoms with Gasteiger partial charge in [-0.25, -0.2) is 4.79 Å². The van der Waals surface area contributed by atoms with Crippen molar-refractivity contribution in [2.24, 2.45) is 0 Å². The van der Waals surface area contributed by atoms with Gasteiger partial charge in [-0.05, 0) is 67.6 Å². The molecular formula is C23H24N2O2. The SMILES string of the molecule is Cc1cccc(Nc2ccccc2C(=O)OCCCc2cccnc2)c1C. The summed E-state index contributed by atoms with van der Waals surface area (Å²) in [4.78, 5) is 16.6. The highest BCUT2D eigenvalue weighted by atomic mass is 16.5. The van der Waals surface area contributed by atoms with E-state index in [2.05, 4.69) is 30.2 Å². The normalized spacial score (nSPS) is 10.4. The Morgan fingerprint density at radius 1 is 1.00 bits per heavy atom. The first kappa shape index (κ1) is 18.6. The molecule has 0 unspecified atom stereocenters. The highest BCUT2D eigenvalue weighted by Crippen LogP contribution is 2.25. The van der Waals surface area contributed by atoms with Crippen LogP contribution in [0.3, 0.4) is 0 Å². The predicted molar refractivity (Wildman–Crippen MR) is 108 cm³/mol. The fourth-order valence-corrected chi connectivity index (χ4v) is 2.87. The molecule has 0 aliphatic carbocycles. The van der Waals surface area contributed by atoms with E-state index in [-0.39, 0.29) is 5.97 Å². The molecule has 4 heteroatoms. The molecule has 0 atom stereocenters. The Bertz CT molecular complexity index is 907. The zero-order valence-electron chi connectivity index (χ0n) is 15.7. The summed E-state index contributed by atoms with van der Waals surface area (Å²) in [5, 5.41) is 3.37. The van der Waals surface area contributed by atoms with E-state index in [1.54, 1.807) is 12.3 Å². The molecular weight excluding hydrogens is 336 g/mol. The number of benzene rings is 2. The Balaban J connectivity index is 1.62. The maximum atomic E-state index is 12.5. The van der Waals surface area contributed by atoms with Crippen LogP contribution in [0.25, 0.3) is 0 Å². The minimum Gasteiger partial charge on any atom is -0.462 e. The van der Waals surface area contributed by atoms with Crippen molar-refractivity contribution in [3.8, 4) is 0 Å². The molecule has 138 valence electrons. The Labute approximate surface area is 160 Å². The van der Waals surface area contributed by atoms with Gasteiger partial charge in [0.2, 0.25) is 0 Å². The topological polar surface area (TPSA) is 51.2 Å². The Morgan fingerprint density at radius 3 is 2.63 bits per heavy atom. The number of ether oxygens (including phenoxy) is 1. The molecule has 0 amide bonds. The molecule has 1 N–H and O–H groups in total. The van der Waals surface area contributed by atoms with Gasteiger partial charge in [0.1, 0.15) is 0 Å². The highest BCUT2D eigenvalue weighted by Gasteiger charge is 2.13. The van der Waals surface area contributed by atoms with Crippen LogP contribution in [-0.4, -0.2) is 17.6 Å². The number of nitrogens with one attached hydrogen (secondary N) is 1. The van der Waals surface area contributed by atoms with Crippen LogP contribution in [0.2, 0.25) is 0 Å². The standard InChI is InChI=1S/C23H24N2O2/c1-17-8-5-13-21(18(17)2)25-22-12-4-3-11-20(22)23(26)27-15-7-10-19-9-6-14-24-16-19/h3-6,8-9,11-14,16,25H,7,10,15H2,1-2H3. The summed E-state index contributed by atoms with van der Waals surface area (Å²) < 4.78 is 5.48. The van der Waals surface area contributed by atoms with Crippen molar-refractivity contribution in [3.63, 3.8) is 0 Å². The van der Waals surface area contributed by atoms with Crippen molar-refractivity contribution in [1.82, 2.24) is 4.98 Å². The number of rotatable bonds is 7. The van der Waals surface area contributed by atoms with Crippen LogP contribution in [0, 0.1) is 13.8 Å². The van der Waals surface area contributed by atoms with Crippen LogP contribution < -0.4 is 5.32 Å². The summed E-state index contributed by atoms with van der Waals surface area (Å²) in [7, 11) is 0. The molecule has 0 saturated heterocycles. The largest absolute Gasteiger partial charge is 0.462 e. The fraction of sp³-hybridized carbons (Fsp3) is 0.217. The number of esters is 1. The van der Waals surface area contributed by atoms with Gasteiger partial charge in [0.25, 0.3) is 0 Å². The number of anilines is 2. The van der Waals surface area contributed by atoms with Gasteiger partial charge in [0, 0.05) is 18.1 Å². The molecule has 2 aromatic carbocycles. The Kier molecular flexibility index (Phi) is 6.21. The summed E-state index contributed by atoms with van der Waals surface area (Å²) in [5.41, 5.74) is 5.80. The van der Waals surface area contributed by atoms with E-state index >= 15 is 0 Å². The number of pyridine rings is 1. The summed E-state index contributed by atoms with van der Waals surface area (Å²) in [6.07, 6.45) is 5.20. The Hall–Kier alpha value is -3.14. The van der Waals surface area contributed by atoms with Crippen LogP contribution in [-0.2, 0) is 11.2 Å². The van der Waals surface area contributed by atoms with Crippen molar-refractivity contribution < 1.29 is 9.53 Å². The second-order valence-corrected chi connectivity index (χ2v) is 6.52. The molecule has 4 nitrogen and oxygen atoms in total. The summed E-state index contributed by atoms with van der Waals surface area (Å²) in [5.74, 6) is -0.311. The van der Waals surface area contributed by atoms with Crippen LogP contribution in [0.1, 0.15) is 33.5 Å². The quantitative estimate of drug-likeness (QED) is 0.463. The van der Waals surface area contributed by atoms with E-state index in [0.717, 1.165) is 35.3 Å². The number of para-hydroxylation sites is 1. The average Bonchev–Trinajstić information content (AvgIpc) is 2.70. The lowest BCUT2D eigenvalue weighted by Gasteiger charge is -2.14. The molecule has 0 bridgehead atoms. The molecule has 0 radical (unpaired) electrons. The number of aryl methyl sites for hydroxylation is 2. The fourth-order valence-electron chi connectivity index (χ4n) is 2.87. The van der Waals surface area contributed by atoms with Crippen molar-refractivity contribution in [2.45, 2.75) is 26.7 Å². The minimum absolute atomic E-state index is 0.311. The number of nitrogens with zero attached hydrogens (tertiary/aromatic N) is 1. The molecule has 0 spiro atoms. The summed E-state index contributed by atoms with van der Waals surface area (Å²) >= 11 is 0. The van der Waals surface area contributed by atoms with Gasteiger partial charge in [-0.1, -0.05) is 30.3 Å². The van der Waals surface area contributed by atoms with Gasteiger partial charge in [-0.2, -0.15) is 0 Å². The predicted octanol–water partition coefficient (Wildman–Crippen LogP) is 5.23. The second-order valence-electron chi connectivity index (χ2n) is 6.52. The third kappa shape index (κ3) is 4.94. The number of aromatic nitrogens is 1. The number of carbonyl (C=O) groups excluding carboxylic acids is 1. The molecule has 0 aliphatic rings. The first-order valence-corrected chi connectivity index (χ1v) is 9.13. The van der Waals surface area contributed by atoms with Gasteiger partial charge in [0.15, 0.2) is 0 Å². The average molecular weight is 360 g/mol. The lowest BCUT2D eigenvalue weighted by molar-refractivity contribution is 0.0502. The van der Waals surface area contributed by atoms with E-state index in [4.69, 9.17) is 4.74 Å². The van der Waals surface area contributed by atoms with Gasteiger partial charge >= 0.3 is 5.97 Å². The number of hydrogen-bond donors (Lipinski definition) is 1. The second kappa shape index (κ2) is 8.99. The van der Waals surface area contributed by atoms with Gasteiger partial charge < -0.3 is 10.1 Å². The summed E-state index contributed by atoms with van der Waals surface area (Å²) in [6.45, 7) is 4.52. The van der Waals surface area contributed by atoms with Crippen LogP contribution in [0.4, 0.5) is 11.4 Å². The first-order chi connectivity index (χ1) is 13.1. The number of carbonyl (C=O) groups is 1. The van der Waals surface area contributed by atoms with Crippen molar-refractivity contribution in [2.75, 3.05) is 11.9 Å². The lowest BCUT2D eigenvalue weighted by Crippen LogP contribution is -2.10. The molecule has 3 rings (SSSR count). The third-order valence-corrected chi connectivity index (χ3v) is 4.59. The van der Waals surface area contributed by atoms with Crippen molar-refractivity contribution >= 4 is 17.3 Å². The van der Waals surface area contributed by atoms with Crippen LogP contribution in [0.15, 0.2) is 67.0 Å². The molecule has 3 aromatic rings. The van der Waals surface area contributed by atoms with E-state index in [0.29, 0.717) is 12.2 Å². The molecule has 1 aromatic heterocycles. The molecule has 1 heterocycles. The van der Waals surface area contributed by atoms with E-state index in [1.807, 2.05) is 48.7 Å². The first-order valence-electron chi connectivity index (χ1n) is 9.13. The molecule has 27 heavy (non-hydrogen) atoms. The highest BCUT2D eigenvalue weighted by molar-refractivity contribution is 5.96.